The Morgan fingerprint density at radius 2 is 1.56 bits per heavy atom. The number of phosphoric acid groups is 1. The van der Waals surface area contributed by atoms with Crippen molar-refractivity contribution in [3.05, 3.63) is 113 Å². The average Bonchev–Trinajstić information content (AvgIpc) is 3.89. The Labute approximate surface area is 347 Å². The number of nitrogens with one attached hydrogen (secondary N) is 1. The highest BCUT2D eigenvalue weighted by Gasteiger charge is 2.54. The van der Waals surface area contributed by atoms with E-state index in [9.17, 15) is 28.4 Å². The van der Waals surface area contributed by atoms with Crippen molar-refractivity contribution in [2.45, 2.75) is 55.0 Å². The van der Waals surface area contributed by atoms with Crippen LogP contribution in [-0.2, 0) is 42.5 Å². The minimum absolute atomic E-state index is 0. The summed E-state index contributed by atoms with van der Waals surface area (Å²) in [7, 11) is -3.99. The van der Waals surface area contributed by atoms with Crippen molar-refractivity contribution in [1.29, 1.82) is 0 Å². The van der Waals surface area contributed by atoms with E-state index in [0.717, 1.165) is 29.5 Å². The summed E-state index contributed by atoms with van der Waals surface area (Å²) in [5.74, 6) is -0.0619. The van der Waals surface area contributed by atoms with Gasteiger partial charge in [0.1, 0.15) is 47.8 Å². The lowest BCUT2D eigenvalue weighted by atomic mass is 10.1. The van der Waals surface area contributed by atoms with Crippen molar-refractivity contribution in [2.75, 3.05) is 26.1 Å². The Bertz CT molecular complexity index is 2600. The number of phosphoric ester groups is 1. The number of H-pyrrole nitrogens is 1. The van der Waals surface area contributed by atoms with Gasteiger partial charge in [0, 0.05) is 25.4 Å². The number of aromatic nitrogens is 6. The summed E-state index contributed by atoms with van der Waals surface area (Å²) in [5.41, 5.74) is 4.91. The van der Waals surface area contributed by atoms with Crippen LogP contribution in [0.2, 0.25) is 0 Å². The molecule has 61 heavy (non-hydrogen) atoms. The first-order valence-electron chi connectivity index (χ1n) is 17.7. The number of esters is 1. The number of anilines is 1. The first-order chi connectivity index (χ1) is 28.7. The number of carbonyl (C=O) groups excluding carboxylic acids is 1. The zero-order chi connectivity index (χ0) is 42.3. The molecule has 26 heteroatoms. The zero-order valence-corrected chi connectivity index (χ0v) is 34.4. The van der Waals surface area contributed by atoms with Crippen molar-refractivity contribution >= 4 is 49.0 Å². The van der Waals surface area contributed by atoms with Gasteiger partial charge in [-0.25, -0.2) is 37.9 Å². The fourth-order valence-corrected chi connectivity index (χ4v) is 10.8. The molecule has 0 amide bonds. The molecule has 0 bridgehead atoms. The molecule has 5 aromatic rings. The summed E-state index contributed by atoms with van der Waals surface area (Å²) < 4.78 is 107. The van der Waals surface area contributed by atoms with E-state index < -0.39 is 94.3 Å². The fourth-order valence-electron chi connectivity index (χ4n) is 6.50. The molecule has 8 rings (SSSR count). The molecule has 3 aliphatic rings. The monoisotopic (exact) mass is 909 g/mol. The van der Waals surface area contributed by atoms with Gasteiger partial charge in [-0.1, -0.05) is 12.1 Å². The molecule has 3 aliphatic heterocycles. The van der Waals surface area contributed by atoms with Crippen molar-refractivity contribution in [3.63, 3.8) is 0 Å². The van der Waals surface area contributed by atoms with Gasteiger partial charge in [0.25, 0.3) is 13.4 Å². The molecule has 0 radical (unpaired) electrons. The van der Waals surface area contributed by atoms with E-state index in [1.54, 1.807) is 24.3 Å². The van der Waals surface area contributed by atoms with Crippen LogP contribution in [0.25, 0.3) is 11.2 Å². The van der Waals surface area contributed by atoms with Gasteiger partial charge in [-0.05, 0) is 53.3 Å². The second kappa shape index (κ2) is 17.8. The molecule has 3 fully saturated rings. The number of hydrogen-bond donors (Lipinski definition) is 2. The van der Waals surface area contributed by atoms with Crippen LogP contribution in [0.4, 0.5) is 14.6 Å². The van der Waals surface area contributed by atoms with Gasteiger partial charge >= 0.3 is 18.5 Å². The molecule has 0 aliphatic carbocycles. The van der Waals surface area contributed by atoms with Crippen LogP contribution in [-0.4, -0.2) is 92.1 Å². The largest absolute Gasteiger partial charge is 0.756 e. The molecule has 21 nitrogen and oxygen atoms in total. The van der Waals surface area contributed by atoms with E-state index in [1.807, 2.05) is 4.98 Å². The molecule has 324 valence electrons. The van der Waals surface area contributed by atoms with Gasteiger partial charge in [0.2, 0.25) is 0 Å². The number of hydrogen-bond acceptors (Lipinski definition) is 19. The van der Waals surface area contributed by atoms with E-state index in [-0.39, 0.29) is 41.5 Å². The molecule has 3 aromatic heterocycles. The molecule has 1 unspecified atom stereocenters. The number of alkyl halides is 2. The molecule has 10 atom stereocenters. The van der Waals surface area contributed by atoms with E-state index in [0.29, 0.717) is 27.3 Å². The Morgan fingerprint density at radius 1 is 0.918 bits per heavy atom. The maximum atomic E-state index is 16.4. The van der Waals surface area contributed by atoms with Crippen molar-refractivity contribution in [1.82, 2.24) is 29.1 Å². The SMILES string of the molecule is COc1ccc(C(=O)Oc2ccc(CS[P@]3(=O)OC[C@H]4O[C@@H](n5cnc6c(N)ncnc65)[C@H](F)[C@@H]4OP(=O)([O-])OC[C@H]4O[C@@H](n5ccc(=O)[nH]c5=O)[C@H](F)[C@@H]4O3)cc2)cc1.[CH3+]. The number of nitrogen functional groups attached to an aromatic ring is 1. The topological polar surface area (TPSA) is 273 Å². The standard InChI is InChI=1S/C34H33F2N7O14P2S.CH3/c1-50-19-8-4-18(5-9-19)33(45)53-20-6-2-17(3-7-20)14-60-59(49)52-13-22-27(24(35)32(55-22)43-16-40-26-29(37)38-15-39-30(26)43)56-58(47,48)51-12-21-28(57-59)25(36)31(54-21)42-11-10-23(44)41-34(42)46;/h2-11,15-16,21-22,24-25,27-28,31-32H,12-14H2,1H3,(H,47,48)(H2,37,38,39)(H,41,44,46);1H3/q;+1/p-1/t21-,22-,24-,25-,27-,28-,31-,32-,59-;/m1./s1. The Morgan fingerprint density at radius 3 is 2.23 bits per heavy atom. The van der Waals surface area contributed by atoms with Crippen LogP contribution in [0.15, 0.2) is 83.0 Å². The van der Waals surface area contributed by atoms with Gasteiger partial charge in [-0.15, -0.1) is 0 Å². The Kier molecular flexibility index (Phi) is 12.8. The number of fused-ring (bicyclic) bond motifs is 3. The number of ether oxygens (including phenoxy) is 4. The van der Waals surface area contributed by atoms with Crippen LogP contribution in [0, 0.1) is 7.43 Å². The third kappa shape index (κ3) is 9.28. The molecule has 0 spiro atoms. The number of nitrogens with two attached hydrogens (primary N) is 1. The van der Waals surface area contributed by atoms with E-state index in [2.05, 4.69) is 15.0 Å². The fraction of sp³-hybridized carbons (Fsp3) is 0.343. The summed E-state index contributed by atoms with van der Waals surface area (Å²) in [4.78, 5) is 64.2. The lowest BCUT2D eigenvalue weighted by Crippen LogP contribution is -2.38. The van der Waals surface area contributed by atoms with Crippen molar-refractivity contribution < 1.29 is 64.6 Å². The second-order valence-corrected chi connectivity index (χ2v) is 18.7. The quantitative estimate of drug-likeness (QED) is 0.0976. The number of halogens is 2. The number of carbonyl (C=O) groups is 1. The van der Waals surface area contributed by atoms with Crippen LogP contribution in [0.1, 0.15) is 28.4 Å². The highest BCUT2D eigenvalue weighted by Crippen LogP contribution is 2.64. The Balaban J connectivity index is 0.00000561. The predicted molar refractivity (Wildman–Crippen MR) is 208 cm³/mol. The third-order valence-electron chi connectivity index (χ3n) is 9.46. The first-order valence-corrected chi connectivity index (χ1v) is 22.3. The molecule has 0 saturated carbocycles. The smallest absolute Gasteiger partial charge is 0.389 e. The summed E-state index contributed by atoms with van der Waals surface area (Å²) in [6.45, 7) is -6.51. The van der Waals surface area contributed by atoms with Crippen LogP contribution >= 0.6 is 26.0 Å². The van der Waals surface area contributed by atoms with Gasteiger partial charge < -0.3 is 38.6 Å². The summed E-state index contributed by atoms with van der Waals surface area (Å²) in [6.07, 6.45) is -12.1. The van der Waals surface area contributed by atoms with Crippen LogP contribution < -0.4 is 31.3 Å². The average molecular weight is 910 g/mol. The minimum atomic E-state index is -5.48. The van der Waals surface area contributed by atoms with Crippen molar-refractivity contribution in [3.8, 4) is 11.5 Å². The maximum absolute atomic E-state index is 16.4. The molecular weight excluding hydrogens is 874 g/mol. The number of benzene rings is 2. The van der Waals surface area contributed by atoms with Gasteiger partial charge in [0.15, 0.2) is 36.3 Å². The summed E-state index contributed by atoms with van der Waals surface area (Å²) >= 11 is 0.573. The summed E-state index contributed by atoms with van der Waals surface area (Å²) in [6, 6.07) is 13.3. The zero-order valence-electron chi connectivity index (χ0n) is 31.8. The lowest BCUT2D eigenvalue weighted by molar-refractivity contribution is -0.235. The third-order valence-corrected chi connectivity index (χ3v) is 14.1. The molecule has 6 heterocycles. The molecular formula is C35H35F2N7O14P2S. The second-order valence-electron chi connectivity index (χ2n) is 13.3. The molecule has 2 aromatic carbocycles. The van der Waals surface area contributed by atoms with Gasteiger partial charge in [-0.3, -0.25) is 32.5 Å². The highest BCUT2D eigenvalue weighted by atomic mass is 32.7. The molecule has 3 saturated heterocycles. The van der Waals surface area contributed by atoms with Crippen molar-refractivity contribution in [2.24, 2.45) is 0 Å². The number of methoxy groups -OCH3 is 1. The highest BCUT2D eigenvalue weighted by molar-refractivity contribution is 8.54. The number of aromatic amines is 1. The minimum Gasteiger partial charge on any atom is -0.756 e. The van der Waals surface area contributed by atoms with E-state index >= 15 is 8.78 Å². The summed E-state index contributed by atoms with van der Waals surface area (Å²) in [5, 5.41) is 0. The normalized spacial score (nSPS) is 30.3. The van der Waals surface area contributed by atoms with E-state index in [1.165, 1.54) is 31.4 Å². The first kappa shape index (κ1) is 44.1. The van der Waals surface area contributed by atoms with Gasteiger partial charge in [0.05, 0.1) is 32.2 Å². The van der Waals surface area contributed by atoms with Crippen LogP contribution in [0.5, 0.6) is 11.5 Å². The van der Waals surface area contributed by atoms with Crippen LogP contribution in [0.3, 0.4) is 0 Å². The predicted octanol–water partition coefficient (Wildman–Crippen LogP) is 3.43. The maximum Gasteiger partial charge on any atom is 0.389 e. The van der Waals surface area contributed by atoms with Gasteiger partial charge in [-0.2, -0.15) is 0 Å². The molecule has 3 N–H and O–H groups in total. The number of rotatable bonds is 8. The van der Waals surface area contributed by atoms with E-state index in [4.69, 9.17) is 42.8 Å². The number of nitrogens with zero attached hydrogens (tertiary/aromatic N) is 5. The number of imidazole rings is 1. The lowest BCUT2D eigenvalue weighted by Gasteiger charge is -2.32. The Hall–Kier alpha value is -5.00.